The van der Waals surface area contributed by atoms with Crippen LogP contribution < -0.4 is 0 Å². The Morgan fingerprint density at radius 3 is 2.37 bits per heavy atom. The number of allylic oxidation sites excluding steroid dienone is 1. The average Bonchev–Trinajstić information content (AvgIpc) is 3.31. The van der Waals surface area contributed by atoms with Crippen LogP contribution in [0.5, 0.6) is 0 Å². The lowest BCUT2D eigenvalue weighted by Gasteiger charge is -2.42. The van der Waals surface area contributed by atoms with Gasteiger partial charge in [-0.15, -0.1) is 0 Å². The summed E-state index contributed by atoms with van der Waals surface area (Å²) in [5.74, 6) is 0.160. The number of hydrogen-bond acceptors (Lipinski definition) is 4. The minimum Gasteiger partial charge on any atom is -0.463 e. The minimum absolute atomic E-state index is 0.0176. The predicted octanol–water partition coefficient (Wildman–Crippen LogP) is 5.25. The summed E-state index contributed by atoms with van der Waals surface area (Å²) < 4.78 is 12.2. The Labute approximate surface area is 181 Å². The van der Waals surface area contributed by atoms with E-state index < -0.39 is 8.32 Å². The van der Waals surface area contributed by atoms with Gasteiger partial charge in [0.2, 0.25) is 0 Å². The van der Waals surface area contributed by atoms with Crippen LogP contribution in [0.3, 0.4) is 0 Å². The standard InChI is InChI=1S/C25H34O4Si/c1-7-28-24(27)22-19-16-13-17(18(14-16)29-30(5,6)25(2,3)4)21(19)23(26)20(22)15-11-9-8-10-12-15/h8-12,16-19,21H,7,13-14H2,1-6H3/t16-,17+,18-,19-,21+/m0/s1. The van der Waals surface area contributed by atoms with E-state index in [-0.39, 0.29) is 40.6 Å². The summed E-state index contributed by atoms with van der Waals surface area (Å²) in [6.07, 6.45) is 2.04. The maximum absolute atomic E-state index is 13.7. The number of ether oxygens (including phenoxy) is 1. The molecule has 3 aliphatic carbocycles. The molecular weight excluding hydrogens is 392 g/mol. The van der Waals surface area contributed by atoms with E-state index >= 15 is 0 Å². The number of benzene rings is 1. The van der Waals surface area contributed by atoms with E-state index in [2.05, 4.69) is 33.9 Å². The molecule has 162 valence electrons. The normalized spacial score (nSPS) is 30.7. The molecule has 2 bridgehead atoms. The van der Waals surface area contributed by atoms with Crippen LogP contribution in [0, 0.1) is 23.7 Å². The molecule has 2 fully saturated rings. The van der Waals surface area contributed by atoms with Crippen molar-refractivity contribution in [2.24, 2.45) is 23.7 Å². The molecule has 0 spiro atoms. The third-order valence-corrected chi connectivity index (χ3v) is 12.4. The van der Waals surface area contributed by atoms with Crippen molar-refractivity contribution in [1.82, 2.24) is 0 Å². The van der Waals surface area contributed by atoms with Crippen molar-refractivity contribution in [3.63, 3.8) is 0 Å². The average molecular weight is 427 g/mol. The van der Waals surface area contributed by atoms with E-state index in [0.29, 0.717) is 23.7 Å². The SMILES string of the molecule is CCOC(=O)C1=C(c2ccccc2)C(=O)[C@@H]2[C@@H]3C[C@@H](C[C@@H]3O[Si](C)(C)C(C)(C)C)[C@H]12. The summed E-state index contributed by atoms with van der Waals surface area (Å²) >= 11 is 0. The van der Waals surface area contributed by atoms with Gasteiger partial charge in [0, 0.05) is 23.5 Å². The quantitative estimate of drug-likeness (QED) is 0.477. The number of Topliss-reactive ketones (excluding diaryl/α,β-unsaturated/α-hetero) is 1. The third kappa shape index (κ3) is 3.30. The Kier molecular flexibility index (Phi) is 5.34. The zero-order valence-electron chi connectivity index (χ0n) is 19.0. The topological polar surface area (TPSA) is 52.6 Å². The minimum atomic E-state index is -1.92. The molecule has 3 aliphatic rings. The van der Waals surface area contributed by atoms with E-state index in [1.165, 1.54) is 0 Å². The molecule has 1 aromatic rings. The van der Waals surface area contributed by atoms with Crippen LogP contribution >= 0.6 is 0 Å². The molecule has 0 amide bonds. The first-order chi connectivity index (χ1) is 14.1. The fourth-order valence-corrected chi connectivity index (χ4v) is 6.96. The van der Waals surface area contributed by atoms with E-state index in [9.17, 15) is 9.59 Å². The summed E-state index contributed by atoms with van der Waals surface area (Å²) in [5, 5.41) is 0.136. The largest absolute Gasteiger partial charge is 0.463 e. The van der Waals surface area contributed by atoms with Gasteiger partial charge in [-0.25, -0.2) is 4.79 Å². The Bertz CT molecular complexity index is 880. The second-order valence-electron chi connectivity index (χ2n) is 10.6. The van der Waals surface area contributed by atoms with Gasteiger partial charge in [-0.2, -0.15) is 0 Å². The molecule has 0 heterocycles. The highest BCUT2D eigenvalue weighted by atomic mass is 28.4. The zero-order valence-corrected chi connectivity index (χ0v) is 20.0. The highest BCUT2D eigenvalue weighted by Crippen LogP contribution is 2.62. The summed E-state index contributed by atoms with van der Waals surface area (Å²) in [6, 6.07) is 9.63. The molecular formula is C25H34O4Si. The first-order valence-electron chi connectivity index (χ1n) is 11.3. The van der Waals surface area contributed by atoms with Crippen molar-refractivity contribution in [2.45, 2.75) is 64.8 Å². The summed E-state index contributed by atoms with van der Waals surface area (Å²) in [7, 11) is -1.92. The number of rotatable bonds is 5. The number of fused-ring (bicyclic) bond motifs is 5. The van der Waals surface area contributed by atoms with Gasteiger partial charge in [-0.3, -0.25) is 4.79 Å². The van der Waals surface area contributed by atoms with E-state index in [1.54, 1.807) is 0 Å². The van der Waals surface area contributed by atoms with Crippen molar-refractivity contribution in [1.29, 1.82) is 0 Å². The molecule has 5 heteroatoms. The van der Waals surface area contributed by atoms with Crippen molar-refractivity contribution >= 4 is 25.6 Å². The van der Waals surface area contributed by atoms with E-state index in [0.717, 1.165) is 18.4 Å². The zero-order chi connectivity index (χ0) is 21.8. The Hall–Kier alpha value is -1.72. The monoisotopic (exact) mass is 426 g/mol. The van der Waals surface area contributed by atoms with Gasteiger partial charge in [0.15, 0.2) is 14.1 Å². The lowest BCUT2D eigenvalue weighted by atomic mass is 9.77. The van der Waals surface area contributed by atoms with E-state index in [1.807, 2.05) is 37.3 Å². The first-order valence-corrected chi connectivity index (χ1v) is 14.2. The summed E-state index contributed by atoms with van der Waals surface area (Å²) in [5.41, 5.74) is 2.05. The van der Waals surface area contributed by atoms with Crippen molar-refractivity contribution in [3.8, 4) is 0 Å². The molecule has 0 saturated heterocycles. The predicted molar refractivity (Wildman–Crippen MR) is 120 cm³/mol. The molecule has 0 N–H and O–H groups in total. The van der Waals surface area contributed by atoms with Crippen LogP contribution in [0.2, 0.25) is 18.1 Å². The Morgan fingerprint density at radius 1 is 1.10 bits per heavy atom. The number of hydrogen-bond donors (Lipinski definition) is 0. The summed E-state index contributed by atoms with van der Waals surface area (Å²) in [4.78, 5) is 26.7. The molecule has 0 aliphatic heterocycles. The maximum atomic E-state index is 13.7. The highest BCUT2D eigenvalue weighted by Gasteiger charge is 2.63. The van der Waals surface area contributed by atoms with Crippen molar-refractivity contribution in [3.05, 3.63) is 41.5 Å². The molecule has 0 unspecified atom stereocenters. The van der Waals surface area contributed by atoms with Gasteiger partial charge in [0.1, 0.15) is 0 Å². The Morgan fingerprint density at radius 2 is 1.77 bits per heavy atom. The first kappa shape index (κ1) is 21.5. The van der Waals surface area contributed by atoms with Crippen LogP contribution in [0.15, 0.2) is 35.9 Å². The molecule has 4 nitrogen and oxygen atoms in total. The Balaban J connectivity index is 1.68. The number of ketones is 1. The lowest BCUT2D eigenvalue weighted by molar-refractivity contribution is -0.139. The van der Waals surface area contributed by atoms with Crippen LogP contribution in [-0.4, -0.2) is 32.8 Å². The molecule has 5 atom stereocenters. The third-order valence-electron chi connectivity index (χ3n) is 7.91. The number of carbonyl (C=O) groups excluding carboxylic acids is 2. The highest BCUT2D eigenvalue weighted by molar-refractivity contribution is 6.74. The van der Waals surface area contributed by atoms with Crippen LogP contribution in [-0.2, 0) is 18.8 Å². The van der Waals surface area contributed by atoms with Gasteiger partial charge in [0.25, 0.3) is 0 Å². The van der Waals surface area contributed by atoms with Gasteiger partial charge >= 0.3 is 5.97 Å². The second-order valence-corrected chi connectivity index (χ2v) is 15.4. The molecule has 1 aromatic carbocycles. The van der Waals surface area contributed by atoms with Gasteiger partial charge < -0.3 is 9.16 Å². The fourth-order valence-electron chi connectivity index (χ4n) is 5.58. The second kappa shape index (κ2) is 7.45. The molecule has 4 rings (SSSR count). The van der Waals surface area contributed by atoms with Gasteiger partial charge in [-0.05, 0) is 55.3 Å². The van der Waals surface area contributed by atoms with Gasteiger partial charge in [0.05, 0.1) is 12.2 Å². The fraction of sp³-hybridized carbons (Fsp3) is 0.600. The molecule has 0 radical (unpaired) electrons. The number of esters is 1. The lowest BCUT2D eigenvalue weighted by Crippen LogP contribution is -2.47. The number of carbonyl (C=O) groups is 2. The van der Waals surface area contributed by atoms with Crippen molar-refractivity contribution < 1.29 is 18.8 Å². The molecule has 30 heavy (non-hydrogen) atoms. The van der Waals surface area contributed by atoms with E-state index in [4.69, 9.17) is 9.16 Å². The van der Waals surface area contributed by atoms with Crippen LogP contribution in [0.1, 0.15) is 46.1 Å². The van der Waals surface area contributed by atoms with Crippen LogP contribution in [0.4, 0.5) is 0 Å². The summed E-state index contributed by atoms with van der Waals surface area (Å²) in [6.45, 7) is 13.5. The van der Waals surface area contributed by atoms with Crippen molar-refractivity contribution in [2.75, 3.05) is 6.61 Å². The smallest absolute Gasteiger partial charge is 0.335 e. The molecule has 0 aromatic heterocycles. The maximum Gasteiger partial charge on any atom is 0.335 e. The van der Waals surface area contributed by atoms with Gasteiger partial charge in [-0.1, -0.05) is 51.1 Å². The van der Waals surface area contributed by atoms with Crippen LogP contribution in [0.25, 0.3) is 5.57 Å². The molecule has 2 saturated carbocycles.